The number of aromatic nitrogens is 1. The molecule has 1 heterocycles. The van der Waals surface area contributed by atoms with Gasteiger partial charge in [-0.25, -0.2) is 4.79 Å². The minimum absolute atomic E-state index is 0.166. The van der Waals surface area contributed by atoms with Gasteiger partial charge in [0.15, 0.2) is 0 Å². The number of halogens is 1. The summed E-state index contributed by atoms with van der Waals surface area (Å²) in [5.74, 6) is -0.336. The van der Waals surface area contributed by atoms with Crippen molar-refractivity contribution in [1.82, 2.24) is 4.57 Å². The highest BCUT2D eigenvalue weighted by Gasteiger charge is 2.11. The largest absolute Gasteiger partial charge is 0.490 e. The van der Waals surface area contributed by atoms with Crippen LogP contribution in [0.4, 0.5) is 0 Å². The van der Waals surface area contributed by atoms with Crippen LogP contribution in [-0.4, -0.2) is 24.8 Å². The van der Waals surface area contributed by atoms with Gasteiger partial charge in [-0.2, -0.15) is 0 Å². The number of nitrogens with zero attached hydrogens (tertiary/aromatic N) is 1. The normalized spacial score (nSPS) is 11.6. The zero-order chi connectivity index (χ0) is 17.8. The van der Waals surface area contributed by atoms with E-state index >= 15 is 0 Å². The third-order valence-electron chi connectivity index (χ3n) is 4.02. The lowest BCUT2D eigenvalue weighted by Crippen LogP contribution is -2.07. The minimum Gasteiger partial charge on any atom is -0.490 e. The van der Waals surface area contributed by atoms with Crippen molar-refractivity contribution >= 4 is 34.5 Å². The molecule has 1 aromatic heterocycles. The molecule has 3 aromatic rings. The molecule has 5 heteroatoms. The third-order valence-corrected chi connectivity index (χ3v) is 4.26. The van der Waals surface area contributed by atoms with Crippen LogP contribution < -0.4 is 0 Å². The molecule has 0 atom stereocenters. The fourth-order valence-electron chi connectivity index (χ4n) is 2.75. The fourth-order valence-corrected chi connectivity index (χ4v) is 2.93. The van der Waals surface area contributed by atoms with Crippen LogP contribution in [-0.2, 0) is 20.8 Å². The number of hydrogen-bond acceptors (Lipinski definition) is 3. The zero-order valence-electron chi connectivity index (χ0n) is 14.0. The maximum atomic E-state index is 11.7. The minimum atomic E-state index is -0.502. The molecule has 0 radical (unpaired) electrons. The van der Waals surface area contributed by atoms with Crippen molar-refractivity contribution in [1.29, 1.82) is 0 Å². The van der Waals surface area contributed by atoms with Gasteiger partial charge in [0.2, 0.25) is 5.76 Å². The SMILES string of the molecule is COC(=O)C(=Cc1ccccc1Cn1ccc2cc(Cl)ccc21)OC. The second kappa shape index (κ2) is 7.45. The van der Waals surface area contributed by atoms with Gasteiger partial charge in [-0.05, 0) is 41.5 Å². The molecule has 3 rings (SSSR count). The van der Waals surface area contributed by atoms with Gasteiger partial charge in [0.1, 0.15) is 0 Å². The lowest BCUT2D eigenvalue weighted by Gasteiger charge is -2.10. The molecule has 0 saturated carbocycles. The second-order valence-electron chi connectivity index (χ2n) is 5.55. The first-order valence-electron chi connectivity index (χ1n) is 7.78. The first-order valence-corrected chi connectivity index (χ1v) is 8.16. The summed E-state index contributed by atoms with van der Waals surface area (Å²) in [6.07, 6.45) is 3.72. The second-order valence-corrected chi connectivity index (χ2v) is 5.99. The van der Waals surface area contributed by atoms with E-state index in [-0.39, 0.29) is 5.76 Å². The summed E-state index contributed by atoms with van der Waals surface area (Å²) in [7, 11) is 2.78. The molecule has 0 amide bonds. The number of fused-ring (bicyclic) bond motifs is 1. The van der Waals surface area contributed by atoms with Crippen LogP contribution in [0.1, 0.15) is 11.1 Å². The van der Waals surface area contributed by atoms with Crippen LogP contribution in [0.15, 0.2) is 60.5 Å². The lowest BCUT2D eigenvalue weighted by molar-refractivity contribution is -0.139. The Morgan fingerprint density at radius 3 is 2.68 bits per heavy atom. The molecule has 0 N–H and O–H groups in total. The summed E-state index contributed by atoms with van der Waals surface area (Å²) < 4.78 is 12.0. The van der Waals surface area contributed by atoms with Gasteiger partial charge in [-0.1, -0.05) is 35.9 Å². The number of carbonyl (C=O) groups excluding carboxylic acids is 1. The van der Waals surface area contributed by atoms with Gasteiger partial charge in [-0.15, -0.1) is 0 Å². The number of ether oxygens (including phenoxy) is 2. The summed E-state index contributed by atoms with van der Waals surface area (Å²) >= 11 is 6.06. The summed E-state index contributed by atoms with van der Waals surface area (Å²) in [6, 6.07) is 15.7. The monoisotopic (exact) mass is 355 g/mol. The van der Waals surface area contributed by atoms with Crippen molar-refractivity contribution in [2.45, 2.75) is 6.54 Å². The predicted octanol–water partition coefficient (Wildman–Crippen LogP) is 4.50. The molecule has 0 aliphatic rings. The quantitative estimate of drug-likeness (QED) is 0.384. The Kier molecular flexibility index (Phi) is 5.10. The third kappa shape index (κ3) is 3.69. The maximum absolute atomic E-state index is 11.7. The summed E-state index contributed by atoms with van der Waals surface area (Å²) in [6.45, 7) is 0.663. The van der Waals surface area contributed by atoms with Crippen LogP contribution in [0.2, 0.25) is 5.02 Å². The molecule has 4 nitrogen and oxygen atoms in total. The van der Waals surface area contributed by atoms with E-state index in [0.717, 1.165) is 27.1 Å². The van der Waals surface area contributed by atoms with Crippen molar-refractivity contribution in [2.24, 2.45) is 0 Å². The molecule has 2 aromatic carbocycles. The Bertz CT molecular complexity index is 943. The Labute approximate surface area is 151 Å². The topological polar surface area (TPSA) is 40.5 Å². The molecule has 0 aliphatic carbocycles. The number of hydrogen-bond donors (Lipinski definition) is 0. The van der Waals surface area contributed by atoms with Crippen molar-refractivity contribution in [2.75, 3.05) is 14.2 Å². The van der Waals surface area contributed by atoms with E-state index in [0.29, 0.717) is 6.54 Å². The van der Waals surface area contributed by atoms with Gasteiger partial charge in [0, 0.05) is 28.7 Å². The first-order chi connectivity index (χ1) is 12.1. The van der Waals surface area contributed by atoms with E-state index in [2.05, 4.69) is 4.57 Å². The highest BCUT2D eigenvalue weighted by molar-refractivity contribution is 6.31. The average molecular weight is 356 g/mol. The number of rotatable bonds is 5. The Hall–Kier alpha value is -2.72. The highest BCUT2D eigenvalue weighted by atomic mass is 35.5. The smallest absolute Gasteiger partial charge is 0.373 e. The Morgan fingerprint density at radius 1 is 1.12 bits per heavy atom. The molecule has 0 spiro atoms. The van der Waals surface area contributed by atoms with Crippen LogP contribution in [0, 0.1) is 0 Å². The first kappa shape index (κ1) is 17.1. The van der Waals surface area contributed by atoms with Gasteiger partial charge in [0.25, 0.3) is 0 Å². The van der Waals surface area contributed by atoms with Crippen LogP contribution in [0.25, 0.3) is 17.0 Å². The lowest BCUT2D eigenvalue weighted by atomic mass is 10.1. The molecule has 25 heavy (non-hydrogen) atoms. The standard InChI is InChI=1S/C20H18ClNO3/c1-24-19(20(23)25-2)12-14-5-3-4-6-16(14)13-22-10-9-15-11-17(21)7-8-18(15)22/h3-12H,13H2,1-2H3. The van der Waals surface area contributed by atoms with E-state index in [4.69, 9.17) is 21.1 Å². The average Bonchev–Trinajstić information content (AvgIpc) is 3.02. The maximum Gasteiger partial charge on any atom is 0.373 e. The molecule has 0 fully saturated rings. The van der Waals surface area contributed by atoms with Gasteiger partial charge >= 0.3 is 5.97 Å². The van der Waals surface area contributed by atoms with Crippen molar-refractivity contribution in [3.8, 4) is 0 Å². The summed E-state index contributed by atoms with van der Waals surface area (Å²) in [4.78, 5) is 11.7. The van der Waals surface area contributed by atoms with E-state index in [1.165, 1.54) is 14.2 Å². The zero-order valence-corrected chi connectivity index (χ0v) is 14.8. The number of methoxy groups -OCH3 is 2. The molecule has 0 unspecified atom stereocenters. The van der Waals surface area contributed by atoms with Crippen LogP contribution in [0.5, 0.6) is 0 Å². The molecular weight excluding hydrogens is 338 g/mol. The molecule has 0 aliphatic heterocycles. The van der Waals surface area contributed by atoms with Gasteiger partial charge < -0.3 is 14.0 Å². The van der Waals surface area contributed by atoms with Crippen molar-refractivity contribution < 1.29 is 14.3 Å². The van der Waals surface area contributed by atoms with E-state index in [9.17, 15) is 4.79 Å². The summed E-state index contributed by atoms with van der Waals surface area (Å²) in [5.41, 5.74) is 3.07. The van der Waals surface area contributed by atoms with E-state index in [1.54, 1.807) is 6.08 Å². The Balaban J connectivity index is 1.98. The predicted molar refractivity (Wildman–Crippen MR) is 99.5 cm³/mol. The molecular formula is C20H18ClNO3. The summed E-state index contributed by atoms with van der Waals surface area (Å²) in [5, 5.41) is 1.81. The number of esters is 1. The van der Waals surface area contributed by atoms with Crippen molar-refractivity contribution in [3.63, 3.8) is 0 Å². The van der Waals surface area contributed by atoms with Crippen molar-refractivity contribution in [3.05, 3.63) is 76.6 Å². The van der Waals surface area contributed by atoms with E-state index in [1.807, 2.05) is 54.7 Å². The Morgan fingerprint density at radius 2 is 1.92 bits per heavy atom. The highest BCUT2D eigenvalue weighted by Crippen LogP contribution is 2.23. The fraction of sp³-hybridized carbons (Fsp3) is 0.150. The van der Waals surface area contributed by atoms with Gasteiger partial charge in [0.05, 0.1) is 14.2 Å². The molecule has 0 saturated heterocycles. The van der Waals surface area contributed by atoms with Crippen LogP contribution >= 0.6 is 11.6 Å². The number of benzene rings is 2. The molecule has 0 bridgehead atoms. The molecule has 128 valence electrons. The van der Waals surface area contributed by atoms with E-state index < -0.39 is 5.97 Å². The van der Waals surface area contributed by atoms with Gasteiger partial charge in [-0.3, -0.25) is 0 Å². The van der Waals surface area contributed by atoms with Crippen LogP contribution in [0.3, 0.4) is 0 Å². The number of carbonyl (C=O) groups is 1.